The Balaban J connectivity index is 1.93. The quantitative estimate of drug-likeness (QED) is 0.568. The number of hydrogen-bond acceptors (Lipinski definition) is 6. The molecule has 6 nitrogen and oxygen atoms in total. The lowest BCUT2D eigenvalue weighted by Crippen LogP contribution is -2.02. The third-order valence-corrected chi connectivity index (χ3v) is 4.28. The Hall–Kier alpha value is -2.80. The van der Waals surface area contributed by atoms with Crippen LogP contribution in [0.2, 0.25) is 0 Å². The largest absolute Gasteiger partial charge is 0.497 e. The average molecular weight is 310 g/mol. The number of nitrogens with zero attached hydrogens (tertiary/aromatic N) is 4. The van der Waals surface area contributed by atoms with Crippen LogP contribution in [-0.4, -0.2) is 26.9 Å². The van der Waals surface area contributed by atoms with Crippen LogP contribution in [0.3, 0.4) is 0 Å². The van der Waals surface area contributed by atoms with Crippen molar-refractivity contribution in [1.82, 2.24) is 19.8 Å². The van der Waals surface area contributed by atoms with E-state index < -0.39 is 0 Å². The Kier molecular flexibility index (Phi) is 2.87. The Morgan fingerprint density at radius 3 is 2.68 bits per heavy atom. The molecule has 1 aliphatic carbocycles. The number of rotatable bonds is 2. The molecule has 7 heteroatoms. The van der Waals surface area contributed by atoms with E-state index in [1.165, 1.54) is 17.4 Å². The Labute approximate surface area is 129 Å². The van der Waals surface area contributed by atoms with Gasteiger partial charge in [0, 0.05) is 11.6 Å². The summed E-state index contributed by atoms with van der Waals surface area (Å²) in [6.45, 7) is 0. The van der Waals surface area contributed by atoms with Gasteiger partial charge in [0.1, 0.15) is 11.4 Å². The zero-order valence-corrected chi connectivity index (χ0v) is 12.4. The number of hydrogen-bond donors (Lipinski definition) is 0. The molecule has 1 aromatic heterocycles. The first-order chi connectivity index (χ1) is 10.7. The molecule has 22 heavy (non-hydrogen) atoms. The van der Waals surface area contributed by atoms with Crippen molar-refractivity contribution in [3.8, 4) is 27.7 Å². The molecule has 0 atom stereocenters. The highest BCUT2D eigenvalue weighted by atomic mass is 32.1. The summed E-state index contributed by atoms with van der Waals surface area (Å²) in [5.41, 5.74) is 1.60. The molecule has 0 N–H and O–H groups in total. The van der Waals surface area contributed by atoms with Crippen molar-refractivity contribution in [1.29, 1.82) is 0 Å². The molecule has 1 aromatic carbocycles. The number of benzene rings is 2. The topological polar surface area (TPSA) is 69.4 Å². The number of fused-ring (bicyclic) bond motifs is 2. The second kappa shape index (κ2) is 4.88. The van der Waals surface area contributed by atoms with Crippen LogP contribution in [0.25, 0.3) is 26.9 Å². The lowest BCUT2D eigenvalue weighted by atomic mass is 10.2. The monoisotopic (exact) mass is 310 g/mol. The molecule has 108 valence electrons. The van der Waals surface area contributed by atoms with Gasteiger partial charge in [0.2, 0.25) is 4.96 Å². The van der Waals surface area contributed by atoms with Crippen molar-refractivity contribution >= 4 is 16.3 Å². The van der Waals surface area contributed by atoms with E-state index in [9.17, 15) is 4.79 Å². The minimum atomic E-state index is -0.0372. The highest BCUT2D eigenvalue weighted by molar-refractivity contribution is 7.19. The summed E-state index contributed by atoms with van der Waals surface area (Å²) in [6.07, 6.45) is 0. The summed E-state index contributed by atoms with van der Waals surface area (Å²) in [5, 5.41) is 12.9. The fraction of sp³-hybridized carbons (Fsp3) is 0.0667. The smallest absolute Gasteiger partial charge is 0.233 e. The minimum Gasteiger partial charge on any atom is -0.497 e. The standard InChI is InChI=1S/C15H10N4O2S/c1-21-11-5-2-9(3-6-11)14-16-17-15-19(14)18-12-7-4-10(20)8-13(12)22-15/h2-8H,1H3. The summed E-state index contributed by atoms with van der Waals surface area (Å²) in [7, 11) is 1.63. The van der Waals surface area contributed by atoms with E-state index in [2.05, 4.69) is 15.3 Å². The zero-order chi connectivity index (χ0) is 15.1. The normalized spacial score (nSPS) is 11.1. The molecular weight excluding hydrogens is 300 g/mol. The third-order valence-electron chi connectivity index (χ3n) is 3.30. The van der Waals surface area contributed by atoms with E-state index >= 15 is 0 Å². The molecule has 2 aromatic rings. The number of aromatic nitrogens is 4. The Morgan fingerprint density at radius 1 is 1.09 bits per heavy atom. The first-order valence-electron chi connectivity index (χ1n) is 6.55. The van der Waals surface area contributed by atoms with E-state index in [0.29, 0.717) is 10.8 Å². The van der Waals surface area contributed by atoms with Crippen molar-refractivity contribution in [3.63, 3.8) is 0 Å². The van der Waals surface area contributed by atoms with E-state index in [-0.39, 0.29) is 5.43 Å². The molecule has 0 radical (unpaired) electrons. The van der Waals surface area contributed by atoms with Crippen molar-refractivity contribution < 1.29 is 4.74 Å². The van der Waals surface area contributed by atoms with Crippen molar-refractivity contribution in [2.75, 3.05) is 7.11 Å². The Morgan fingerprint density at radius 2 is 1.91 bits per heavy atom. The SMILES string of the molecule is COc1ccc(-c2nnc3sc4cc(=O)ccc-4nn23)cc1. The second-order valence-corrected chi connectivity index (χ2v) is 5.69. The van der Waals surface area contributed by atoms with Crippen LogP contribution in [0.1, 0.15) is 0 Å². The van der Waals surface area contributed by atoms with Gasteiger partial charge < -0.3 is 4.74 Å². The molecule has 2 aliphatic rings. The molecule has 1 aliphatic heterocycles. The summed E-state index contributed by atoms with van der Waals surface area (Å²) < 4.78 is 6.85. The van der Waals surface area contributed by atoms with Crippen molar-refractivity contribution in [2.24, 2.45) is 0 Å². The van der Waals surface area contributed by atoms with Crippen LogP contribution in [0.5, 0.6) is 5.75 Å². The number of methoxy groups -OCH3 is 1. The summed E-state index contributed by atoms with van der Waals surface area (Å²) >= 11 is 1.39. The van der Waals surface area contributed by atoms with E-state index in [4.69, 9.17) is 4.74 Å². The summed E-state index contributed by atoms with van der Waals surface area (Å²) in [6, 6.07) is 12.3. The van der Waals surface area contributed by atoms with Gasteiger partial charge in [-0.3, -0.25) is 4.79 Å². The molecule has 2 heterocycles. The summed E-state index contributed by atoms with van der Waals surface area (Å²) in [5.74, 6) is 1.43. The molecule has 0 fully saturated rings. The fourth-order valence-electron chi connectivity index (χ4n) is 2.20. The molecule has 4 rings (SSSR count). The minimum absolute atomic E-state index is 0.0372. The highest BCUT2D eigenvalue weighted by Gasteiger charge is 2.14. The number of ether oxygens (including phenoxy) is 1. The highest BCUT2D eigenvalue weighted by Crippen LogP contribution is 2.27. The second-order valence-electron chi connectivity index (χ2n) is 4.68. The average Bonchev–Trinajstić information content (AvgIpc) is 2.95. The van der Waals surface area contributed by atoms with Crippen LogP contribution in [0.4, 0.5) is 0 Å². The van der Waals surface area contributed by atoms with Gasteiger partial charge in [-0.15, -0.1) is 10.2 Å². The predicted molar refractivity (Wildman–Crippen MR) is 83.5 cm³/mol. The summed E-state index contributed by atoms with van der Waals surface area (Å²) in [4.78, 5) is 12.9. The molecular formula is C15H10N4O2S. The van der Waals surface area contributed by atoms with Crippen LogP contribution in [0.15, 0.2) is 47.3 Å². The van der Waals surface area contributed by atoms with E-state index in [1.54, 1.807) is 23.8 Å². The first-order valence-corrected chi connectivity index (χ1v) is 7.37. The van der Waals surface area contributed by atoms with Crippen LogP contribution < -0.4 is 10.2 Å². The van der Waals surface area contributed by atoms with Gasteiger partial charge in [0.05, 0.1) is 12.0 Å². The fourth-order valence-corrected chi connectivity index (χ4v) is 3.08. The maximum Gasteiger partial charge on any atom is 0.233 e. The predicted octanol–water partition coefficient (Wildman–Crippen LogP) is 2.33. The van der Waals surface area contributed by atoms with E-state index in [1.807, 2.05) is 24.3 Å². The van der Waals surface area contributed by atoms with Crippen molar-refractivity contribution in [2.45, 2.75) is 0 Å². The molecule has 0 saturated heterocycles. The van der Waals surface area contributed by atoms with Crippen LogP contribution in [-0.2, 0) is 0 Å². The lowest BCUT2D eigenvalue weighted by molar-refractivity contribution is 0.415. The maximum absolute atomic E-state index is 11.4. The zero-order valence-electron chi connectivity index (χ0n) is 11.6. The van der Waals surface area contributed by atoms with E-state index in [0.717, 1.165) is 21.9 Å². The molecule has 0 saturated carbocycles. The maximum atomic E-state index is 11.4. The van der Waals surface area contributed by atoms with Crippen LogP contribution >= 0.6 is 11.3 Å². The first kappa shape index (κ1) is 12.9. The van der Waals surface area contributed by atoms with Crippen molar-refractivity contribution in [3.05, 3.63) is 52.7 Å². The lowest BCUT2D eigenvalue weighted by Gasteiger charge is -2.05. The van der Waals surface area contributed by atoms with Gasteiger partial charge in [-0.1, -0.05) is 11.3 Å². The Bertz CT molecular complexity index is 991. The van der Waals surface area contributed by atoms with Gasteiger partial charge in [-0.05, 0) is 36.4 Å². The molecule has 0 unspecified atom stereocenters. The van der Waals surface area contributed by atoms with Gasteiger partial charge in [-0.2, -0.15) is 9.61 Å². The molecule has 0 bridgehead atoms. The van der Waals surface area contributed by atoms with Gasteiger partial charge in [-0.25, -0.2) is 0 Å². The molecule has 0 spiro atoms. The van der Waals surface area contributed by atoms with Gasteiger partial charge in [0.15, 0.2) is 11.3 Å². The van der Waals surface area contributed by atoms with Gasteiger partial charge in [0.25, 0.3) is 0 Å². The molecule has 0 amide bonds. The van der Waals surface area contributed by atoms with Crippen LogP contribution in [0, 0.1) is 0 Å². The van der Waals surface area contributed by atoms with Gasteiger partial charge >= 0.3 is 0 Å². The third kappa shape index (κ3) is 2.03.